The van der Waals surface area contributed by atoms with Crippen LogP contribution in [0.5, 0.6) is 0 Å². The van der Waals surface area contributed by atoms with Gasteiger partial charge in [0, 0.05) is 17.9 Å². The van der Waals surface area contributed by atoms with Gasteiger partial charge in [0.1, 0.15) is 0 Å². The zero-order chi connectivity index (χ0) is 13.2. The first-order chi connectivity index (χ1) is 8.44. The summed E-state index contributed by atoms with van der Waals surface area (Å²) in [5, 5.41) is 8.93. The fourth-order valence-electron chi connectivity index (χ4n) is 2.48. The third kappa shape index (κ3) is 2.73. The number of carboxylic acid groups (broad SMARTS) is 1. The Kier molecular flexibility index (Phi) is 3.45. The molecule has 1 heterocycles. The minimum Gasteiger partial charge on any atom is -0.481 e. The number of aromatic nitrogens is 1. The molecule has 0 bridgehead atoms. The summed E-state index contributed by atoms with van der Waals surface area (Å²) in [6.45, 7) is 0. The van der Waals surface area contributed by atoms with E-state index >= 15 is 0 Å². The van der Waals surface area contributed by atoms with E-state index in [0.717, 1.165) is 12.8 Å². The molecule has 1 aromatic rings. The summed E-state index contributed by atoms with van der Waals surface area (Å²) in [5.74, 6) is -0.978. The highest BCUT2D eigenvalue weighted by atomic mass is 32.2. The number of rotatable bonds is 5. The Morgan fingerprint density at radius 2 is 2.11 bits per heavy atom. The number of H-pyrrole nitrogens is 1. The van der Waals surface area contributed by atoms with Gasteiger partial charge in [-0.2, -0.15) is 0 Å². The van der Waals surface area contributed by atoms with Crippen LogP contribution >= 0.6 is 0 Å². The number of nitrogens with one attached hydrogen (secondary N) is 2. The van der Waals surface area contributed by atoms with Crippen LogP contribution in [0.15, 0.2) is 23.4 Å². The van der Waals surface area contributed by atoms with Crippen molar-refractivity contribution in [1.82, 2.24) is 9.71 Å². The van der Waals surface area contributed by atoms with Gasteiger partial charge in [0.2, 0.25) is 10.0 Å². The van der Waals surface area contributed by atoms with Crippen LogP contribution in [0.3, 0.4) is 0 Å². The summed E-state index contributed by atoms with van der Waals surface area (Å²) < 4.78 is 26.8. The van der Waals surface area contributed by atoms with Gasteiger partial charge < -0.3 is 10.1 Å². The van der Waals surface area contributed by atoms with Crippen molar-refractivity contribution in [3.8, 4) is 0 Å². The molecule has 0 amide bonds. The van der Waals surface area contributed by atoms with Gasteiger partial charge in [-0.05, 0) is 18.9 Å². The highest BCUT2D eigenvalue weighted by Gasteiger charge is 2.39. The van der Waals surface area contributed by atoms with Crippen LogP contribution < -0.4 is 4.72 Å². The molecule has 1 saturated carbocycles. The average Bonchev–Trinajstić information content (AvgIpc) is 2.86. The number of hydrogen-bond acceptors (Lipinski definition) is 3. The third-order valence-corrected chi connectivity index (χ3v) is 4.86. The summed E-state index contributed by atoms with van der Waals surface area (Å²) in [7, 11) is -3.65. The smallest absolute Gasteiger partial charge is 0.305 e. The highest BCUT2D eigenvalue weighted by Crippen LogP contribution is 2.34. The molecule has 1 fully saturated rings. The molecule has 6 nitrogen and oxygen atoms in total. The largest absolute Gasteiger partial charge is 0.481 e. The summed E-state index contributed by atoms with van der Waals surface area (Å²) in [6, 6.07) is 1.45. The van der Waals surface area contributed by atoms with Crippen molar-refractivity contribution in [2.75, 3.05) is 0 Å². The van der Waals surface area contributed by atoms with Crippen LogP contribution in [-0.4, -0.2) is 30.0 Å². The Balaban J connectivity index is 2.22. The number of aliphatic carboxylic acids is 1. The lowest BCUT2D eigenvalue weighted by Crippen LogP contribution is -2.47. The molecule has 1 aliphatic carbocycles. The second kappa shape index (κ2) is 4.74. The van der Waals surface area contributed by atoms with Crippen molar-refractivity contribution in [2.24, 2.45) is 0 Å². The first-order valence-electron chi connectivity index (χ1n) is 5.82. The molecule has 0 atom stereocenters. The second-order valence-corrected chi connectivity index (χ2v) is 6.39. The van der Waals surface area contributed by atoms with E-state index in [4.69, 9.17) is 5.11 Å². The molecule has 7 heteroatoms. The molecular formula is C11H16N2O4S. The van der Waals surface area contributed by atoms with Crippen LogP contribution in [-0.2, 0) is 14.8 Å². The molecule has 2 rings (SSSR count). The molecule has 0 saturated heterocycles. The zero-order valence-corrected chi connectivity index (χ0v) is 10.7. The van der Waals surface area contributed by atoms with Gasteiger partial charge in [0.05, 0.1) is 11.3 Å². The van der Waals surface area contributed by atoms with Gasteiger partial charge in [-0.3, -0.25) is 4.79 Å². The van der Waals surface area contributed by atoms with E-state index in [9.17, 15) is 13.2 Å². The van der Waals surface area contributed by atoms with Crippen molar-refractivity contribution in [3.05, 3.63) is 18.5 Å². The van der Waals surface area contributed by atoms with Crippen LogP contribution in [0.2, 0.25) is 0 Å². The maximum absolute atomic E-state index is 12.1. The van der Waals surface area contributed by atoms with Crippen LogP contribution in [0.4, 0.5) is 0 Å². The van der Waals surface area contributed by atoms with Crippen LogP contribution in [0.25, 0.3) is 0 Å². The van der Waals surface area contributed by atoms with Gasteiger partial charge in [0.15, 0.2) is 0 Å². The van der Waals surface area contributed by atoms with Crippen molar-refractivity contribution in [3.63, 3.8) is 0 Å². The molecule has 1 aliphatic rings. The van der Waals surface area contributed by atoms with E-state index < -0.39 is 21.5 Å². The Bertz CT molecular complexity index is 515. The molecule has 0 aliphatic heterocycles. The van der Waals surface area contributed by atoms with E-state index in [0.29, 0.717) is 12.8 Å². The Labute approximate surface area is 105 Å². The lowest BCUT2D eigenvalue weighted by Gasteiger charge is -2.27. The average molecular weight is 272 g/mol. The lowest BCUT2D eigenvalue weighted by molar-refractivity contribution is -0.138. The molecular weight excluding hydrogens is 256 g/mol. The molecule has 0 aromatic carbocycles. The van der Waals surface area contributed by atoms with Gasteiger partial charge >= 0.3 is 5.97 Å². The van der Waals surface area contributed by atoms with E-state index in [1.54, 1.807) is 0 Å². The second-order valence-electron chi connectivity index (χ2n) is 4.71. The lowest BCUT2D eigenvalue weighted by atomic mass is 9.95. The van der Waals surface area contributed by atoms with E-state index in [1.165, 1.54) is 18.5 Å². The molecule has 0 radical (unpaired) electrons. The summed E-state index contributed by atoms with van der Waals surface area (Å²) >= 11 is 0. The van der Waals surface area contributed by atoms with Crippen LogP contribution in [0.1, 0.15) is 32.1 Å². The predicted octanol–water partition coefficient (Wildman–Crippen LogP) is 1.08. The van der Waals surface area contributed by atoms with Crippen molar-refractivity contribution in [1.29, 1.82) is 0 Å². The van der Waals surface area contributed by atoms with Crippen molar-refractivity contribution < 1.29 is 18.3 Å². The Hall–Kier alpha value is -1.34. The zero-order valence-electron chi connectivity index (χ0n) is 9.85. The number of sulfonamides is 1. The number of carbonyl (C=O) groups is 1. The molecule has 0 unspecified atom stereocenters. The topological polar surface area (TPSA) is 99.3 Å². The fraction of sp³-hybridized carbons (Fsp3) is 0.545. The maximum atomic E-state index is 12.1. The number of aromatic amines is 1. The minimum absolute atomic E-state index is 0.138. The van der Waals surface area contributed by atoms with Crippen molar-refractivity contribution in [2.45, 2.75) is 42.5 Å². The third-order valence-electron chi connectivity index (χ3n) is 3.28. The van der Waals surface area contributed by atoms with Gasteiger partial charge in [-0.15, -0.1) is 0 Å². The number of hydrogen-bond donors (Lipinski definition) is 3. The van der Waals surface area contributed by atoms with Gasteiger partial charge in [-0.1, -0.05) is 12.8 Å². The van der Waals surface area contributed by atoms with E-state index in [-0.39, 0.29) is 11.3 Å². The SMILES string of the molecule is O=C(O)CC1(NS(=O)(=O)c2cc[nH]c2)CCCC1. The summed E-state index contributed by atoms with van der Waals surface area (Å²) in [4.78, 5) is 13.7. The Morgan fingerprint density at radius 1 is 1.44 bits per heavy atom. The number of carboxylic acids is 1. The molecule has 3 N–H and O–H groups in total. The standard InChI is InChI=1S/C11H16N2O4S/c14-10(15)7-11(4-1-2-5-11)13-18(16,17)9-3-6-12-8-9/h3,6,8,12-13H,1-2,4-5,7H2,(H,14,15). The van der Waals surface area contributed by atoms with Gasteiger partial charge in [0.25, 0.3) is 0 Å². The molecule has 100 valence electrons. The fourth-order valence-corrected chi connectivity index (χ4v) is 3.91. The molecule has 18 heavy (non-hydrogen) atoms. The summed E-state index contributed by atoms with van der Waals surface area (Å²) in [5.41, 5.74) is -0.831. The first-order valence-corrected chi connectivity index (χ1v) is 7.30. The monoisotopic (exact) mass is 272 g/mol. The predicted molar refractivity (Wildman–Crippen MR) is 64.6 cm³/mol. The first kappa shape index (κ1) is 13.1. The normalized spacial score (nSPS) is 18.9. The van der Waals surface area contributed by atoms with Crippen LogP contribution in [0, 0.1) is 0 Å². The highest BCUT2D eigenvalue weighted by molar-refractivity contribution is 7.89. The van der Waals surface area contributed by atoms with E-state index in [1.807, 2.05) is 0 Å². The molecule has 0 spiro atoms. The van der Waals surface area contributed by atoms with Gasteiger partial charge in [-0.25, -0.2) is 13.1 Å². The molecule has 1 aromatic heterocycles. The summed E-state index contributed by atoms with van der Waals surface area (Å²) in [6.07, 6.45) is 5.58. The quantitative estimate of drug-likeness (QED) is 0.746. The minimum atomic E-state index is -3.65. The van der Waals surface area contributed by atoms with Crippen molar-refractivity contribution >= 4 is 16.0 Å². The maximum Gasteiger partial charge on any atom is 0.305 e. The van der Waals surface area contributed by atoms with E-state index in [2.05, 4.69) is 9.71 Å². The Morgan fingerprint density at radius 3 is 2.61 bits per heavy atom.